The Morgan fingerprint density at radius 3 is 2.39 bits per heavy atom. The molecule has 1 aliphatic rings. The Hall–Kier alpha value is -2.99. The summed E-state index contributed by atoms with van der Waals surface area (Å²) in [5.74, 6) is 0.329. The van der Waals surface area contributed by atoms with E-state index in [0.29, 0.717) is 12.3 Å². The second-order valence-corrected chi connectivity index (χ2v) is 9.19. The summed E-state index contributed by atoms with van der Waals surface area (Å²) in [6, 6.07) is 16.7. The van der Waals surface area contributed by atoms with Crippen molar-refractivity contribution < 1.29 is 9.18 Å². The first-order valence-corrected chi connectivity index (χ1v) is 11.7. The molecule has 0 spiro atoms. The Labute approximate surface area is 195 Å². The lowest BCUT2D eigenvalue weighted by Gasteiger charge is -2.40. The van der Waals surface area contributed by atoms with Crippen molar-refractivity contribution in [3.8, 4) is 0 Å². The molecule has 1 saturated heterocycles. The van der Waals surface area contributed by atoms with Gasteiger partial charge in [-0.3, -0.25) is 14.4 Å². The lowest BCUT2D eigenvalue weighted by atomic mass is 9.84. The SMILES string of the molecule is Cc1nn(C)cc1CN(C)C(Cc1ccccc1F)C1CCN(C(=O)c2ccccc2)CC1. The minimum atomic E-state index is -0.148. The monoisotopic (exact) mass is 448 g/mol. The van der Waals surface area contributed by atoms with Crippen molar-refractivity contribution in [3.05, 3.63) is 89.0 Å². The van der Waals surface area contributed by atoms with Crippen LogP contribution >= 0.6 is 0 Å². The molecular weight excluding hydrogens is 415 g/mol. The van der Waals surface area contributed by atoms with E-state index in [1.54, 1.807) is 12.1 Å². The van der Waals surface area contributed by atoms with Gasteiger partial charge >= 0.3 is 0 Å². The van der Waals surface area contributed by atoms with E-state index in [1.165, 1.54) is 5.56 Å². The minimum absolute atomic E-state index is 0.0963. The number of piperidine rings is 1. The van der Waals surface area contributed by atoms with Crippen LogP contribution in [0.15, 0.2) is 60.8 Å². The highest BCUT2D eigenvalue weighted by atomic mass is 19.1. The highest BCUT2D eigenvalue weighted by Crippen LogP contribution is 2.29. The van der Waals surface area contributed by atoms with Gasteiger partial charge in [-0.15, -0.1) is 0 Å². The van der Waals surface area contributed by atoms with Crippen molar-refractivity contribution in [2.75, 3.05) is 20.1 Å². The molecule has 1 aromatic heterocycles. The number of hydrogen-bond donors (Lipinski definition) is 0. The molecule has 174 valence electrons. The van der Waals surface area contributed by atoms with Crippen LogP contribution in [-0.2, 0) is 20.0 Å². The van der Waals surface area contributed by atoms with E-state index < -0.39 is 0 Å². The zero-order valence-electron chi connectivity index (χ0n) is 19.7. The molecule has 2 aromatic carbocycles. The summed E-state index contributed by atoms with van der Waals surface area (Å²) >= 11 is 0. The van der Waals surface area contributed by atoms with Gasteiger partial charge in [-0.25, -0.2) is 4.39 Å². The summed E-state index contributed by atoms with van der Waals surface area (Å²) in [6.07, 6.45) is 4.54. The van der Waals surface area contributed by atoms with Gasteiger partial charge in [-0.05, 0) is 62.9 Å². The number of rotatable bonds is 7. The Bertz CT molecular complexity index is 1070. The van der Waals surface area contributed by atoms with Crippen LogP contribution in [0.1, 0.15) is 40.0 Å². The largest absolute Gasteiger partial charge is 0.339 e. The van der Waals surface area contributed by atoms with Crippen LogP contribution < -0.4 is 0 Å². The minimum Gasteiger partial charge on any atom is -0.339 e. The number of likely N-dealkylation sites (tertiary alicyclic amines) is 1. The quantitative estimate of drug-likeness (QED) is 0.536. The molecule has 1 unspecified atom stereocenters. The number of halogens is 1. The molecule has 0 radical (unpaired) electrons. The first kappa shape index (κ1) is 23.2. The first-order valence-electron chi connectivity index (χ1n) is 11.7. The van der Waals surface area contributed by atoms with Gasteiger partial charge in [0, 0.05) is 50.0 Å². The van der Waals surface area contributed by atoms with Crippen LogP contribution in [0.3, 0.4) is 0 Å². The fourth-order valence-corrected chi connectivity index (χ4v) is 5.01. The lowest BCUT2D eigenvalue weighted by Crippen LogP contribution is -2.46. The van der Waals surface area contributed by atoms with Crippen LogP contribution in [0.4, 0.5) is 4.39 Å². The Morgan fingerprint density at radius 1 is 1.09 bits per heavy atom. The van der Waals surface area contributed by atoms with Crippen LogP contribution in [-0.4, -0.2) is 51.7 Å². The summed E-state index contributed by atoms with van der Waals surface area (Å²) in [6.45, 7) is 4.25. The third-order valence-electron chi connectivity index (χ3n) is 6.88. The predicted molar refractivity (Wildman–Crippen MR) is 128 cm³/mol. The molecule has 6 heteroatoms. The Balaban J connectivity index is 1.49. The number of carbonyl (C=O) groups is 1. The summed E-state index contributed by atoms with van der Waals surface area (Å²) in [5, 5.41) is 4.48. The number of hydrogen-bond acceptors (Lipinski definition) is 3. The van der Waals surface area contributed by atoms with Crippen molar-refractivity contribution in [2.24, 2.45) is 13.0 Å². The van der Waals surface area contributed by atoms with Crippen LogP contribution in [0.2, 0.25) is 0 Å². The smallest absolute Gasteiger partial charge is 0.253 e. The Morgan fingerprint density at radius 2 is 1.76 bits per heavy atom. The second-order valence-electron chi connectivity index (χ2n) is 9.19. The first-order chi connectivity index (χ1) is 15.9. The summed E-state index contributed by atoms with van der Waals surface area (Å²) in [4.78, 5) is 17.2. The average Bonchev–Trinajstić information content (AvgIpc) is 3.15. The van der Waals surface area contributed by atoms with Crippen LogP contribution in [0, 0.1) is 18.7 Å². The number of aryl methyl sites for hydroxylation is 2. The van der Waals surface area contributed by atoms with Crippen LogP contribution in [0.5, 0.6) is 0 Å². The molecule has 0 saturated carbocycles. The van der Waals surface area contributed by atoms with Gasteiger partial charge in [0.05, 0.1) is 5.69 Å². The lowest BCUT2D eigenvalue weighted by molar-refractivity contribution is 0.0602. The summed E-state index contributed by atoms with van der Waals surface area (Å²) < 4.78 is 16.4. The predicted octanol–water partition coefficient (Wildman–Crippen LogP) is 4.46. The van der Waals surface area contributed by atoms with Gasteiger partial charge in [0.15, 0.2) is 0 Å². The molecule has 1 aliphatic heterocycles. The van der Waals surface area contributed by atoms with Crippen molar-refractivity contribution in [1.29, 1.82) is 0 Å². The molecule has 1 amide bonds. The number of nitrogens with zero attached hydrogens (tertiary/aromatic N) is 4. The van der Waals surface area contributed by atoms with Gasteiger partial charge in [0.25, 0.3) is 5.91 Å². The molecule has 1 fully saturated rings. The van der Waals surface area contributed by atoms with E-state index in [2.05, 4.69) is 23.2 Å². The molecular formula is C27H33FN4O. The molecule has 3 aromatic rings. The number of benzene rings is 2. The highest BCUT2D eigenvalue weighted by Gasteiger charge is 2.32. The van der Waals surface area contributed by atoms with Gasteiger partial charge in [-0.1, -0.05) is 36.4 Å². The van der Waals surface area contributed by atoms with Gasteiger partial charge < -0.3 is 4.90 Å². The van der Waals surface area contributed by atoms with E-state index in [-0.39, 0.29) is 17.8 Å². The molecule has 1 atom stereocenters. The maximum atomic E-state index is 14.5. The van der Waals surface area contributed by atoms with Gasteiger partial charge in [-0.2, -0.15) is 5.10 Å². The number of amides is 1. The van der Waals surface area contributed by atoms with E-state index in [9.17, 15) is 9.18 Å². The van der Waals surface area contributed by atoms with E-state index in [4.69, 9.17) is 0 Å². The number of likely N-dealkylation sites (N-methyl/N-ethyl adjacent to an activating group) is 1. The topological polar surface area (TPSA) is 41.4 Å². The van der Waals surface area contributed by atoms with Crippen molar-refractivity contribution in [3.63, 3.8) is 0 Å². The fourth-order valence-electron chi connectivity index (χ4n) is 5.01. The fraction of sp³-hybridized carbons (Fsp3) is 0.407. The van der Waals surface area contributed by atoms with Gasteiger partial charge in [0.1, 0.15) is 5.82 Å². The zero-order chi connectivity index (χ0) is 23.4. The molecule has 33 heavy (non-hydrogen) atoms. The molecule has 0 aliphatic carbocycles. The van der Waals surface area contributed by atoms with Crippen LogP contribution in [0.25, 0.3) is 0 Å². The summed E-state index contributed by atoms with van der Waals surface area (Å²) in [7, 11) is 4.06. The molecule has 4 rings (SSSR count). The van der Waals surface area contributed by atoms with E-state index >= 15 is 0 Å². The third kappa shape index (κ3) is 5.50. The standard InChI is InChI=1S/C27H33FN4O/c1-20-24(19-31(3)29-20)18-30(2)26(17-23-11-7-8-12-25(23)28)21-13-15-32(16-14-21)27(33)22-9-5-4-6-10-22/h4-12,19,21,26H,13-18H2,1-3H3. The molecule has 0 N–H and O–H groups in total. The number of carbonyl (C=O) groups excluding carboxylic acids is 1. The van der Waals surface area contributed by atoms with Crippen molar-refractivity contribution in [2.45, 2.75) is 38.8 Å². The second kappa shape index (κ2) is 10.3. The van der Waals surface area contributed by atoms with Crippen molar-refractivity contribution in [1.82, 2.24) is 19.6 Å². The van der Waals surface area contributed by atoms with E-state index in [1.807, 2.05) is 66.0 Å². The zero-order valence-corrected chi connectivity index (χ0v) is 19.7. The molecule has 5 nitrogen and oxygen atoms in total. The highest BCUT2D eigenvalue weighted by molar-refractivity contribution is 5.94. The number of aromatic nitrogens is 2. The molecule has 0 bridgehead atoms. The normalized spacial score (nSPS) is 15.7. The molecule has 2 heterocycles. The third-order valence-corrected chi connectivity index (χ3v) is 6.88. The Kier molecular flexibility index (Phi) is 7.23. The van der Waals surface area contributed by atoms with E-state index in [0.717, 1.165) is 49.3 Å². The van der Waals surface area contributed by atoms with Crippen molar-refractivity contribution >= 4 is 5.91 Å². The maximum absolute atomic E-state index is 14.5. The summed E-state index contributed by atoms with van der Waals surface area (Å²) in [5.41, 5.74) is 3.70. The average molecular weight is 449 g/mol. The van der Waals surface area contributed by atoms with Gasteiger partial charge in [0.2, 0.25) is 0 Å². The maximum Gasteiger partial charge on any atom is 0.253 e.